The fourth-order valence-electron chi connectivity index (χ4n) is 5.25. The Balaban J connectivity index is 1.96. The normalized spacial score (nSPS) is 14.9. The molecule has 2 aromatic rings. The number of rotatable bonds is 8. The number of fused-ring (bicyclic) bond motifs is 2. The zero-order valence-electron chi connectivity index (χ0n) is 23.8. The Morgan fingerprint density at radius 3 is 2.50 bits per heavy atom. The van der Waals surface area contributed by atoms with Crippen LogP contribution in [0.4, 0.5) is 5.69 Å². The summed E-state index contributed by atoms with van der Waals surface area (Å²) in [4.78, 5) is 30.4. The first-order valence-corrected chi connectivity index (χ1v) is 16.2. The second-order valence-electron chi connectivity index (χ2n) is 10.9. The van der Waals surface area contributed by atoms with Gasteiger partial charge in [0.1, 0.15) is 22.2 Å². The van der Waals surface area contributed by atoms with E-state index in [1.165, 1.54) is 16.4 Å². The summed E-state index contributed by atoms with van der Waals surface area (Å²) < 4.78 is 2.08. The molecule has 1 aliphatic carbocycles. The second-order valence-corrected chi connectivity index (χ2v) is 15.2. The number of carbonyl (C=O) groups is 2. The van der Waals surface area contributed by atoms with E-state index in [0.717, 1.165) is 28.1 Å². The minimum absolute atomic E-state index is 0.140. The van der Waals surface area contributed by atoms with E-state index in [-0.39, 0.29) is 18.0 Å². The predicted molar refractivity (Wildman–Crippen MR) is 163 cm³/mol. The summed E-state index contributed by atoms with van der Waals surface area (Å²) in [5, 5.41) is 19.0. The maximum absolute atomic E-state index is 13.1. The molecule has 2 N–H and O–H groups in total. The van der Waals surface area contributed by atoms with Crippen LogP contribution in [-0.4, -0.2) is 76.6 Å². The number of carboxylic acid groups (broad SMARTS) is 1. The number of carboxylic acids is 1. The van der Waals surface area contributed by atoms with Gasteiger partial charge in [0, 0.05) is 55.5 Å². The molecule has 9 nitrogen and oxygen atoms in total. The van der Waals surface area contributed by atoms with Gasteiger partial charge in [0.05, 0.1) is 5.56 Å². The highest BCUT2D eigenvalue weighted by Crippen LogP contribution is 2.43. The number of amides is 1. The smallest absolute Gasteiger partial charge is 0.336 e. The summed E-state index contributed by atoms with van der Waals surface area (Å²) in [7, 11) is 5.85. The van der Waals surface area contributed by atoms with Crippen molar-refractivity contribution in [3.05, 3.63) is 98.1 Å². The highest BCUT2D eigenvalue weighted by Gasteiger charge is 2.41. The predicted octanol–water partition coefficient (Wildman–Crippen LogP) is 4.36. The lowest BCUT2D eigenvalue weighted by atomic mass is 9.86. The fourth-order valence-corrected chi connectivity index (χ4v) is 8.32. The van der Waals surface area contributed by atoms with Crippen LogP contribution in [0, 0.1) is 0 Å². The van der Waals surface area contributed by atoms with E-state index in [2.05, 4.69) is 74.3 Å². The zero-order valence-corrected chi connectivity index (χ0v) is 24.8. The minimum Gasteiger partial charge on any atom is -0.478 e. The van der Waals surface area contributed by atoms with E-state index in [0.29, 0.717) is 24.1 Å². The largest absolute Gasteiger partial charge is 0.478 e. The molecule has 0 spiro atoms. The second kappa shape index (κ2) is 11.4. The summed E-state index contributed by atoms with van der Waals surface area (Å²) in [6.07, 6.45) is 6.89. The number of carbonyl (C=O) groups excluding carboxylic acids is 1. The lowest BCUT2D eigenvalue weighted by molar-refractivity contribution is -0.462. The molecule has 1 amide bonds. The minimum atomic E-state index is -2.20. The van der Waals surface area contributed by atoms with Crippen LogP contribution in [0.2, 0.25) is 13.1 Å². The third-order valence-corrected chi connectivity index (χ3v) is 11.0. The number of aromatic carboxylic acids is 1. The van der Waals surface area contributed by atoms with Crippen molar-refractivity contribution >= 4 is 42.1 Å². The first-order valence-electron chi connectivity index (χ1n) is 13.2. The molecule has 40 heavy (non-hydrogen) atoms. The highest BCUT2D eigenvalue weighted by molar-refractivity contribution is 6.98. The van der Waals surface area contributed by atoms with Crippen molar-refractivity contribution in [2.75, 3.05) is 46.2 Å². The molecule has 0 saturated heterocycles. The van der Waals surface area contributed by atoms with Crippen LogP contribution in [0.3, 0.4) is 0 Å². The number of hydrogen-bond donors (Lipinski definition) is 2. The van der Waals surface area contributed by atoms with Crippen LogP contribution in [0.25, 0.3) is 16.0 Å². The van der Waals surface area contributed by atoms with Crippen LogP contribution in [0.5, 0.6) is 0 Å². The molecule has 4 rings (SSSR count). The Labute approximate surface area is 235 Å². The van der Waals surface area contributed by atoms with E-state index in [1.807, 2.05) is 28.2 Å². The van der Waals surface area contributed by atoms with Gasteiger partial charge < -0.3 is 15.3 Å². The molecule has 10 heteroatoms. The Kier molecular flexibility index (Phi) is 8.13. The number of benzene rings is 2. The molecular formula is C30H35N6O3Si+. The van der Waals surface area contributed by atoms with Gasteiger partial charge in [-0.15, -0.1) is 0 Å². The number of nitrogens with zero attached hydrogens (tertiary/aromatic N) is 5. The van der Waals surface area contributed by atoms with E-state index < -0.39 is 14.0 Å². The molecule has 0 radical (unpaired) electrons. The van der Waals surface area contributed by atoms with Crippen LogP contribution >= 0.6 is 0 Å². The number of anilines is 1. The quantitative estimate of drug-likeness (QED) is 0.126. The Morgan fingerprint density at radius 2 is 1.85 bits per heavy atom. The van der Waals surface area contributed by atoms with Crippen molar-refractivity contribution in [2.24, 2.45) is 5.11 Å². The van der Waals surface area contributed by atoms with Gasteiger partial charge in [0.25, 0.3) is 5.91 Å². The number of allylic oxidation sites excluding steroid dienone is 5. The summed E-state index contributed by atoms with van der Waals surface area (Å²) in [6, 6.07) is 11.1. The van der Waals surface area contributed by atoms with Crippen molar-refractivity contribution in [3.8, 4) is 0 Å². The third-order valence-electron chi connectivity index (χ3n) is 7.49. The summed E-state index contributed by atoms with van der Waals surface area (Å²) in [6.45, 7) is 5.29. The van der Waals surface area contributed by atoms with Crippen LogP contribution < -0.4 is 15.4 Å². The Hall–Kier alpha value is -4.40. The number of hydrogen-bond acceptors (Lipinski definition) is 4. The average molecular weight is 556 g/mol. The lowest BCUT2D eigenvalue weighted by Crippen LogP contribution is -2.49. The number of nitrogens with one attached hydrogen (secondary N) is 1. The standard InChI is InChI=1S/C30H34N6O3Si/c1-35(2)20-9-12-23-26(17-20)40(5,6)27-18-21(36(3)4)10-13-24(27)28(23)25-16-19(8-11-22(25)30(38)39)29(37)32-14-7-15-33-34-31/h8-13,16-18H,7,14-15H2,1-6H3,(H-,32,37,38,39)/p+1. The van der Waals surface area contributed by atoms with Gasteiger partial charge in [-0.2, -0.15) is 0 Å². The fraction of sp³-hybridized carbons (Fsp3) is 0.300. The molecule has 2 aliphatic rings. The topological polar surface area (TPSA) is 121 Å². The van der Waals surface area contributed by atoms with E-state index in [4.69, 9.17) is 5.53 Å². The molecule has 0 aromatic heterocycles. The van der Waals surface area contributed by atoms with Gasteiger partial charge in [0.2, 0.25) is 0 Å². The molecule has 1 heterocycles. The number of azide groups is 1. The van der Waals surface area contributed by atoms with Crippen molar-refractivity contribution in [1.82, 2.24) is 5.32 Å². The summed E-state index contributed by atoms with van der Waals surface area (Å²) in [5.74, 6) is -1.36. The van der Waals surface area contributed by atoms with Gasteiger partial charge in [-0.05, 0) is 81.0 Å². The van der Waals surface area contributed by atoms with Gasteiger partial charge in [-0.25, -0.2) is 9.37 Å². The summed E-state index contributed by atoms with van der Waals surface area (Å²) in [5.41, 5.74) is 14.5. The third kappa shape index (κ3) is 5.36. The summed E-state index contributed by atoms with van der Waals surface area (Å²) >= 11 is 0. The van der Waals surface area contributed by atoms with Crippen molar-refractivity contribution in [1.29, 1.82) is 0 Å². The molecular weight excluding hydrogens is 520 g/mol. The van der Waals surface area contributed by atoms with Crippen LogP contribution in [-0.2, 0) is 0 Å². The van der Waals surface area contributed by atoms with Gasteiger partial charge in [0.15, 0.2) is 5.71 Å². The Morgan fingerprint density at radius 1 is 1.10 bits per heavy atom. The zero-order chi connectivity index (χ0) is 29.2. The molecule has 0 bridgehead atoms. The van der Waals surface area contributed by atoms with Gasteiger partial charge in [-0.3, -0.25) is 4.79 Å². The van der Waals surface area contributed by atoms with Crippen LogP contribution in [0.1, 0.15) is 38.3 Å². The molecule has 0 atom stereocenters. The van der Waals surface area contributed by atoms with E-state index >= 15 is 0 Å². The van der Waals surface area contributed by atoms with Crippen molar-refractivity contribution in [3.63, 3.8) is 0 Å². The molecule has 0 unspecified atom stereocenters. The van der Waals surface area contributed by atoms with E-state index in [9.17, 15) is 14.7 Å². The maximum Gasteiger partial charge on any atom is 0.336 e. The lowest BCUT2D eigenvalue weighted by Gasteiger charge is -2.38. The first kappa shape index (κ1) is 28.6. The van der Waals surface area contributed by atoms with Gasteiger partial charge in [-0.1, -0.05) is 24.3 Å². The molecule has 0 saturated carbocycles. The average Bonchev–Trinajstić information content (AvgIpc) is 2.92. The van der Waals surface area contributed by atoms with Crippen LogP contribution in [0.15, 0.2) is 70.5 Å². The first-order chi connectivity index (χ1) is 19.0. The maximum atomic E-state index is 13.1. The molecule has 0 fully saturated rings. The SMILES string of the molecule is CN(C)c1ccc2c(c1)[Si](C)(C)C1=CC(=[N+](C)C)C=CC1=C2c1cc(C(=O)NCCCN=[N+]=[N-])ccc1C(=O)O. The molecule has 206 valence electrons. The molecule has 2 aromatic carbocycles. The Bertz CT molecular complexity index is 1570. The van der Waals surface area contributed by atoms with Gasteiger partial charge >= 0.3 is 5.97 Å². The highest BCUT2D eigenvalue weighted by atomic mass is 28.3. The van der Waals surface area contributed by atoms with Crippen molar-refractivity contribution in [2.45, 2.75) is 19.5 Å². The van der Waals surface area contributed by atoms with Crippen molar-refractivity contribution < 1.29 is 19.3 Å². The molecule has 1 aliphatic heterocycles. The monoisotopic (exact) mass is 555 g/mol. The van der Waals surface area contributed by atoms with E-state index in [1.54, 1.807) is 12.1 Å².